The molecule has 0 saturated carbocycles. The Morgan fingerprint density at radius 2 is 1.83 bits per heavy atom. The highest BCUT2D eigenvalue weighted by molar-refractivity contribution is 14.1. The number of hydrogen-bond acceptors (Lipinski definition) is 2. The predicted molar refractivity (Wildman–Crippen MR) is 61.6 cm³/mol. The fraction of sp³-hybridized carbons (Fsp3) is 0. The maximum Gasteiger partial charge on any atom is 0.310 e. The van der Waals surface area contributed by atoms with E-state index < -0.39 is 4.92 Å². The van der Waals surface area contributed by atoms with E-state index in [4.69, 9.17) is 34.8 Å². The van der Waals surface area contributed by atoms with Gasteiger partial charge in [0.05, 0.1) is 4.92 Å². The Morgan fingerprint density at radius 1 is 1.42 bits per heavy atom. The summed E-state index contributed by atoms with van der Waals surface area (Å²) < 4.78 is -0.106. The van der Waals surface area contributed by atoms with Crippen LogP contribution in [-0.2, 0) is 0 Å². The molecule has 0 aliphatic heterocycles. The van der Waals surface area contributed by atoms with Crippen LogP contribution in [0.1, 0.15) is 0 Å². The summed E-state index contributed by atoms with van der Waals surface area (Å²) in [5.74, 6) is 0. The van der Waals surface area contributed by atoms with E-state index in [-0.39, 0.29) is 17.7 Å². The summed E-state index contributed by atoms with van der Waals surface area (Å²) in [5, 5.41) is 10.1. The van der Waals surface area contributed by atoms with Gasteiger partial charge in [0.25, 0.3) is 0 Å². The molecule has 0 aliphatic carbocycles. The van der Waals surface area contributed by atoms with Gasteiger partial charge in [-0.1, -0.05) is 34.8 Å². The predicted octanol–water partition coefficient (Wildman–Crippen LogP) is 4.15. The first kappa shape index (κ1) is 13.0. The van der Waals surface area contributed by atoms with E-state index >= 15 is 0 Å². The number of nitrogens with zero attached hydrogens (tertiary/aromatic N) is 1. The molecule has 0 rings (SSSR count). The lowest BCUT2D eigenvalue weighted by Gasteiger charge is -1.96. The topological polar surface area (TPSA) is 43.1 Å². The Morgan fingerprint density at radius 3 is 1.92 bits per heavy atom. The van der Waals surface area contributed by atoms with Gasteiger partial charge in [-0.2, -0.15) is 0 Å². The molecule has 0 aromatic heterocycles. The van der Waals surface area contributed by atoms with Crippen molar-refractivity contribution in [2.75, 3.05) is 0 Å². The SMILES string of the molecule is O=[N+]([O-])/C(C(Cl)=C(Cl)Cl)=C(/Br)I. The summed E-state index contributed by atoms with van der Waals surface area (Å²) in [6.45, 7) is 0. The van der Waals surface area contributed by atoms with Gasteiger partial charge >= 0.3 is 5.70 Å². The number of hydrogen-bond donors (Lipinski definition) is 0. The zero-order valence-corrected chi connectivity index (χ0v) is 11.2. The van der Waals surface area contributed by atoms with Crippen molar-refractivity contribution in [1.29, 1.82) is 0 Å². The normalized spacial score (nSPS) is 12.1. The summed E-state index contributed by atoms with van der Waals surface area (Å²) in [7, 11) is 0. The molecular weight excluding hydrogens is 407 g/mol. The standard InChI is InChI=1S/C4BrCl3INO2/c5-3(9)2(10(11)12)1(6)4(7)8/b3-2-. The van der Waals surface area contributed by atoms with Gasteiger partial charge in [-0.05, 0) is 38.5 Å². The minimum absolute atomic E-state index is 0.230. The summed E-state index contributed by atoms with van der Waals surface area (Å²) in [5.41, 5.74) is -0.350. The van der Waals surface area contributed by atoms with Gasteiger partial charge in [0.15, 0.2) is 0 Å². The van der Waals surface area contributed by atoms with E-state index in [1.165, 1.54) is 0 Å². The van der Waals surface area contributed by atoms with Crippen LogP contribution in [0, 0.1) is 10.1 Å². The maximum absolute atomic E-state index is 10.4. The van der Waals surface area contributed by atoms with Crippen molar-refractivity contribution in [2.45, 2.75) is 0 Å². The molecule has 12 heavy (non-hydrogen) atoms. The van der Waals surface area contributed by atoms with Crippen molar-refractivity contribution in [3.8, 4) is 0 Å². The molecule has 0 aliphatic rings. The zero-order valence-electron chi connectivity index (χ0n) is 5.15. The summed E-state index contributed by atoms with van der Waals surface area (Å²) in [6.07, 6.45) is 0. The van der Waals surface area contributed by atoms with Crippen LogP contribution in [0.4, 0.5) is 0 Å². The molecule has 0 bridgehead atoms. The van der Waals surface area contributed by atoms with Gasteiger partial charge in [-0.3, -0.25) is 10.1 Å². The summed E-state index contributed by atoms with van der Waals surface area (Å²) in [6, 6.07) is 0. The van der Waals surface area contributed by atoms with Gasteiger partial charge in [0, 0.05) is 0 Å². The first-order valence-electron chi connectivity index (χ1n) is 2.28. The molecular formula is C4BrCl3INO2. The fourth-order valence-corrected chi connectivity index (χ4v) is 1.75. The van der Waals surface area contributed by atoms with Crippen molar-refractivity contribution < 1.29 is 4.92 Å². The van der Waals surface area contributed by atoms with Gasteiger partial charge in [0.1, 0.15) is 12.0 Å². The third-order valence-electron chi connectivity index (χ3n) is 0.735. The van der Waals surface area contributed by atoms with Crippen LogP contribution in [0.25, 0.3) is 0 Å². The highest BCUT2D eigenvalue weighted by Gasteiger charge is 2.22. The number of allylic oxidation sites excluding steroid dienone is 1. The lowest BCUT2D eigenvalue weighted by atomic mass is 10.5. The molecule has 0 heterocycles. The van der Waals surface area contributed by atoms with Crippen molar-refractivity contribution in [3.63, 3.8) is 0 Å². The van der Waals surface area contributed by atoms with Crippen LogP contribution >= 0.6 is 73.3 Å². The Bertz CT molecular complexity index is 269. The highest BCUT2D eigenvalue weighted by atomic mass is 127. The molecule has 0 unspecified atom stereocenters. The van der Waals surface area contributed by atoms with Gasteiger partial charge in [-0.25, -0.2) is 0 Å². The lowest BCUT2D eigenvalue weighted by Crippen LogP contribution is -1.99. The summed E-state index contributed by atoms with van der Waals surface area (Å²) in [4.78, 5) is 9.69. The number of nitro groups is 1. The average Bonchev–Trinajstić information content (AvgIpc) is 1.85. The van der Waals surface area contributed by atoms with E-state index in [1.54, 1.807) is 22.6 Å². The second-order valence-electron chi connectivity index (χ2n) is 1.44. The van der Waals surface area contributed by atoms with Crippen molar-refractivity contribution in [1.82, 2.24) is 0 Å². The molecule has 0 spiro atoms. The molecule has 0 N–H and O–H groups in total. The Hall–Kier alpha value is 0.960. The van der Waals surface area contributed by atoms with Crippen LogP contribution in [0.2, 0.25) is 0 Å². The van der Waals surface area contributed by atoms with Crippen LogP contribution in [0.3, 0.4) is 0 Å². The van der Waals surface area contributed by atoms with Gasteiger partial charge in [0.2, 0.25) is 0 Å². The second-order valence-corrected chi connectivity index (χ2v) is 6.12. The maximum atomic E-state index is 10.4. The molecule has 0 amide bonds. The third kappa shape index (κ3) is 3.78. The van der Waals surface area contributed by atoms with Crippen LogP contribution in [0.15, 0.2) is 17.7 Å². The lowest BCUT2D eigenvalue weighted by molar-refractivity contribution is -0.419. The van der Waals surface area contributed by atoms with E-state index in [1.807, 2.05) is 0 Å². The molecule has 0 saturated heterocycles. The van der Waals surface area contributed by atoms with Crippen molar-refractivity contribution in [2.24, 2.45) is 0 Å². The molecule has 68 valence electrons. The Labute approximate surface area is 105 Å². The van der Waals surface area contributed by atoms with Gasteiger partial charge in [-0.15, -0.1) is 0 Å². The molecule has 0 atom stereocenters. The molecule has 0 radical (unpaired) electrons. The molecule has 0 aromatic carbocycles. The molecule has 8 heteroatoms. The quantitative estimate of drug-likeness (QED) is 0.299. The van der Waals surface area contributed by atoms with E-state index in [9.17, 15) is 10.1 Å². The van der Waals surface area contributed by atoms with E-state index in [0.29, 0.717) is 0 Å². The minimum Gasteiger partial charge on any atom is -0.258 e. The van der Waals surface area contributed by atoms with Crippen molar-refractivity contribution >= 4 is 73.3 Å². The first-order chi connectivity index (χ1) is 5.37. The number of rotatable bonds is 2. The van der Waals surface area contributed by atoms with Crippen molar-refractivity contribution in [3.05, 3.63) is 27.8 Å². The Balaban J connectivity index is 5.21. The third-order valence-corrected chi connectivity index (χ3v) is 2.56. The zero-order chi connectivity index (χ0) is 9.89. The minimum atomic E-state index is -0.677. The molecule has 3 nitrogen and oxygen atoms in total. The molecule has 0 aromatic rings. The van der Waals surface area contributed by atoms with E-state index in [2.05, 4.69) is 15.9 Å². The average molecular weight is 407 g/mol. The van der Waals surface area contributed by atoms with E-state index in [0.717, 1.165) is 0 Å². The monoisotopic (exact) mass is 405 g/mol. The smallest absolute Gasteiger partial charge is 0.258 e. The second kappa shape index (κ2) is 5.64. The highest BCUT2D eigenvalue weighted by Crippen LogP contribution is 2.32. The number of halogens is 5. The fourth-order valence-electron chi connectivity index (χ4n) is 0.322. The van der Waals surface area contributed by atoms with Crippen LogP contribution < -0.4 is 0 Å². The Kier molecular flexibility index (Phi) is 6.09. The first-order valence-corrected chi connectivity index (χ1v) is 5.29. The van der Waals surface area contributed by atoms with Gasteiger partial charge < -0.3 is 0 Å². The largest absolute Gasteiger partial charge is 0.310 e. The van der Waals surface area contributed by atoms with Crippen LogP contribution in [-0.4, -0.2) is 4.92 Å². The summed E-state index contributed by atoms with van der Waals surface area (Å²) >= 11 is 20.6. The molecule has 0 fully saturated rings. The van der Waals surface area contributed by atoms with Crippen LogP contribution in [0.5, 0.6) is 0 Å².